The SMILES string of the molecule is CC1CNc2nc(OC[C@]34CCN3CC(F)(F)C4)nc3c(F)c(-c4cc(N)c(F)cc4C(F)(F)F)nc(c23)O[C@@H](C)CCN1. The van der Waals surface area contributed by atoms with Gasteiger partial charge >= 0.3 is 12.2 Å². The van der Waals surface area contributed by atoms with E-state index in [4.69, 9.17) is 15.2 Å². The molecule has 1 aromatic carbocycles. The van der Waals surface area contributed by atoms with Crippen LogP contribution in [0, 0.1) is 11.6 Å². The number of anilines is 2. The predicted octanol–water partition coefficient (Wildman–Crippen LogP) is 4.99. The van der Waals surface area contributed by atoms with Gasteiger partial charge in [-0.1, -0.05) is 0 Å². The van der Waals surface area contributed by atoms with Gasteiger partial charge in [-0.3, -0.25) is 4.90 Å². The number of nitrogens with zero attached hydrogens (tertiary/aromatic N) is 4. The van der Waals surface area contributed by atoms with Crippen LogP contribution < -0.4 is 25.8 Å². The molecule has 2 saturated heterocycles. The molecule has 9 nitrogen and oxygen atoms in total. The van der Waals surface area contributed by atoms with E-state index in [-0.39, 0.29) is 41.8 Å². The smallest absolute Gasteiger partial charge is 0.417 e. The lowest BCUT2D eigenvalue weighted by molar-refractivity contribution is -0.137. The number of hydrogen-bond donors (Lipinski definition) is 3. The van der Waals surface area contributed by atoms with Crippen molar-refractivity contribution in [1.82, 2.24) is 25.2 Å². The van der Waals surface area contributed by atoms with Crippen molar-refractivity contribution in [3.8, 4) is 23.1 Å². The van der Waals surface area contributed by atoms with E-state index in [2.05, 4.69) is 25.6 Å². The normalized spacial score (nSPS) is 25.4. The maximum Gasteiger partial charge on any atom is 0.417 e. The van der Waals surface area contributed by atoms with Crippen molar-refractivity contribution < 1.29 is 40.2 Å². The van der Waals surface area contributed by atoms with Gasteiger partial charge in [0.2, 0.25) is 5.88 Å². The van der Waals surface area contributed by atoms with E-state index in [1.54, 1.807) is 11.8 Å². The average Bonchev–Trinajstić information content (AvgIpc) is 3.10. The standard InChI is InChI=1S/C28H30F7N7O2/c1-13-9-38-23-19-22(40-25(41-23)43-12-26-4-6-42(26)11-27(31,32)10-26)20(30)21(39-24(19)44-14(2)3-5-37-13)15-7-18(36)17(29)8-16(15)28(33,34)35/h7-8,13-14,37H,3-6,9-12,36H2,1-2H3,(H,38,40,41)/t13?,14-,26+/m0/s1. The van der Waals surface area contributed by atoms with Crippen LogP contribution in [0.3, 0.4) is 0 Å². The average molecular weight is 630 g/mol. The number of benzene rings is 1. The number of hydrogen-bond acceptors (Lipinski definition) is 9. The highest BCUT2D eigenvalue weighted by atomic mass is 19.4. The van der Waals surface area contributed by atoms with Gasteiger partial charge in [0.15, 0.2) is 5.82 Å². The van der Waals surface area contributed by atoms with E-state index in [0.29, 0.717) is 38.5 Å². The highest BCUT2D eigenvalue weighted by Gasteiger charge is 2.60. The van der Waals surface area contributed by atoms with Crippen molar-refractivity contribution in [2.75, 3.05) is 43.8 Å². The van der Waals surface area contributed by atoms with E-state index < -0.39 is 76.4 Å². The number of aromatic nitrogens is 3. The molecule has 0 radical (unpaired) electrons. The molecular weight excluding hydrogens is 599 g/mol. The molecule has 3 atom stereocenters. The van der Waals surface area contributed by atoms with E-state index in [1.807, 2.05) is 6.92 Å². The maximum absolute atomic E-state index is 16.4. The lowest BCUT2D eigenvalue weighted by Crippen LogP contribution is -2.59. The first kappa shape index (κ1) is 30.4. The second kappa shape index (κ2) is 10.8. The highest BCUT2D eigenvalue weighted by molar-refractivity contribution is 5.96. The quantitative estimate of drug-likeness (QED) is 0.272. The molecule has 1 unspecified atom stereocenters. The second-order valence-corrected chi connectivity index (χ2v) is 11.7. The summed E-state index contributed by atoms with van der Waals surface area (Å²) in [6.45, 7) is 4.28. The molecule has 2 fully saturated rings. The summed E-state index contributed by atoms with van der Waals surface area (Å²) in [6, 6.07) is 0.369. The fraction of sp³-hybridized carbons (Fsp3) is 0.536. The van der Waals surface area contributed by atoms with E-state index in [1.165, 1.54) is 0 Å². The Kier molecular flexibility index (Phi) is 7.42. The summed E-state index contributed by atoms with van der Waals surface area (Å²) in [7, 11) is 0. The van der Waals surface area contributed by atoms with Gasteiger partial charge in [0.05, 0.1) is 29.4 Å². The topological polar surface area (TPSA) is 110 Å². The van der Waals surface area contributed by atoms with Crippen LogP contribution in [0.15, 0.2) is 12.1 Å². The van der Waals surface area contributed by atoms with Crippen LogP contribution in [0.25, 0.3) is 22.2 Å². The van der Waals surface area contributed by atoms with Crippen LogP contribution >= 0.6 is 0 Å². The largest absolute Gasteiger partial charge is 0.474 e. The third kappa shape index (κ3) is 5.53. The Morgan fingerprint density at radius 3 is 2.61 bits per heavy atom. The van der Waals surface area contributed by atoms with Crippen molar-refractivity contribution in [2.45, 2.75) is 62.9 Å². The summed E-state index contributed by atoms with van der Waals surface area (Å²) in [5.74, 6) is -5.75. The third-order valence-corrected chi connectivity index (χ3v) is 8.36. The molecule has 5 heterocycles. The van der Waals surface area contributed by atoms with Crippen LogP contribution in [0.1, 0.15) is 38.7 Å². The molecule has 3 aliphatic rings. The summed E-state index contributed by atoms with van der Waals surface area (Å²) in [4.78, 5) is 14.3. The minimum absolute atomic E-state index is 0.0232. The maximum atomic E-state index is 16.4. The van der Waals surface area contributed by atoms with Crippen LogP contribution in [0.2, 0.25) is 0 Å². The molecule has 3 aromatic rings. The Hall–Kier alpha value is -3.66. The number of alkyl halides is 5. The zero-order valence-electron chi connectivity index (χ0n) is 23.8. The van der Waals surface area contributed by atoms with Gasteiger partial charge in [-0.05, 0) is 45.4 Å². The number of fused-ring (bicyclic) bond motifs is 1. The van der Waals surface area contributed by atoms with Gasteiger partial charge in [0, 0.05) is 31.1 Å². The molecule has 3 aliphatic heterocycles. The van der Waals surface area contributed by atoms with Crippen LogP contribution in [0.4, 0.5) is 42.2 Å². The van der Waals surface area contributed by atoms with Gasteiger partial charge in [0.1, 0.15) is 34.8 Å². The summed E-state index contributed by atoms with van der Waals surface area (Å²) >= 11 is 0. The number of nitrogens with two attached hydrogens (primary N) is 1. The number of ether oxygens (including phenoxy) is 2. The first-order valence-electron chi connectivity index (χ1n) is 14.1. The van der Waals surface area contributed by atoms with Crippen molar-refractivity contribution in [3.63, 3.8) is 0 Å². The van der Waals surface area contributed by atoms with E-state index >= 15 is 4.39 Å². The molecule has 0 saturated carbocycles. The Bertz CT molecular complexity index is 1610. The van der Waals surface area contributed by atoms with E-state index in [0.717, 1.165) is 0 Å². The lowest BCUT2D eigenvalue weighted by Gasteiger charge is -2.46. The highest BCUT2D eigenvalue weighted by Crippen LogP contribution is 2.48. The molecule has 0 aliphatic carbocycles. The number of nitrogens with one attached hydrogen (secondary N) is 2. The number of nitrogen functional groups attached to an aromatic ring is 1. The molecule has 16 heteroatoms. The molecule has 44 heavy (non-hydrogen) atoms. The van der Waals surface area contributed by atoms with Gasteiger partial charge < -0.3 is 25.8 Å². The first-order chi connectivity index (χ1) is 20.7. The second-order valence-electron chi connectivity index (χ2n) is 11.7. The monoisotopic (exact) mass is 629 g/mol. The fourth-order valence-electron chi connectivity index (χ4n) is 5.96. The summed E-state index contributed by atoms with van der Waals surface area (Å²) in [6.07, 6.45) is -5.12. The number of pyridine rings is 1. The van der Waals surface area contributed by atoms with Crippen LogP contribution in [-0.4, -0.2) is 76.2 Å². The number of rotatable bonds is 4. The van der Waals surface area contributed by atoms with Crippen molar-refractivity contribution >= 4 is 22.4 Å². The van der Waals surface area contributed by atoms with Gasteiger partial charge in [-0.2, -0.15) is 23.1 Å². The van der Waals surface area contributed by atoms with Gasteiger partial charge in [-0.15, -0.1) is 0 Å². The zero-order valence-corrected chi connectivity index (χ0v) is 23.8. The molecule has 2 aromatic heterocycles. The Labute approximate surface area is 247 Å². The molecule has 6 rings (SSSR count). The molecule has 0 amide bonds. The Balaban J connectivity index is 1.52. The van der Waals surface area contributed by atoms with E-state index in [9.17, 15) is 26.3 Å². The van der Waals surface area contributed by atoms with Crippen LogP contribution in [-0.2, 0) is 6.18 Å². The molecule has 4 N–H and O–H groups in total. The van der Waals surface area contributed by atoms with Gasteiger partial charge in [-0.25, -0.2) is 22.5 Å². The summed E-state index contributed by atoms with van der Waals surface area (Å²) in [5.41, 5.74) is 0.385. The predicted molar refractivity (Wildman–Crippen MR) is 147 cm³/mol. The van der Waals surface area contributed by atoms with Crippen molar-refractivity contribution in [1.29, 1.82) is 0 Å². The Morgan fingerprint density at radius 1 is 1.16 bits per heavy atom. The molecular formula is C28H30F7N7O2. The molecule has 238 valence electrons. The Morgan fingerprint density at radius 2 is 1.93 bits per heavy atom. The minimum Gasteiger partial charge on any atom is -0.474 e. The summed E-state index contributed by atoms with van der Waals surface area (Å²) < 4.78 is 113. The van der Waals surface area contributed by atoms with Crippen molar-refractivity contribution in [2.24, 2.45) is 0 Å². The fourth-order valence-corrected chi connectivity index (χ4v) is 5.96. The first-order valence-corrected chi connectivity index (χ1v) is 14.1. The molecule has 0 spiro atoms. The zero-order chi connectivity index (χ0) is 31.6. The van der Waals surface area contributed by atoms with Gasteiger partial charge in [0.25, 0.3) is 5.92 Å². The lowest BCUT2D eigenvalue weighted by atomic mass is 9.85. The van der Waals surface area contributed by atoms with Crippen LogP contribution in [0.5, 0.6) is 11.9 Å². The number of halogens is 7. The minimum atomic E-state index is -5.09. The molecule has 0 bridgehead atoms. The van der Waals surface area contributed by atoms with Crippen molar-refractivity contribution in [3.05, 3.63) is 29.3 Å². The third-order valence-electron chi connectivity index (χ3n) is 8.36. The summed E-state index contributed by atoms with van der Waals surface area (Å²) in [5, 5.41) is 6.32.